The highest BCUT2D eigenvalue weighted by Gasteiger charge is 2.42. The molecule has 0 bridgehead atoms. The molecule has 2 unspecified atom stereocenters. The molecule has 3 N–H and O–H groups in total. The van der Waals surface area contributed by atoms with E-state index in [2.05, 4.69) is 5.32 Å². The topological polar surface area (TPSA) is 69.6 Å². The fourth-order valence-corrected chi connectivity index (χ4v) is 2.57. The summed E-state index contributed by atoms with van der Waals surface area (Å²) in [4.78, 5) is 12.2. The van der Waals surface area contributed by atoms with Crippen molar-refractivity contribution in [1.29, 1.82) is 0 Å². The van der Waals surface area contributed by atoms with Crippen molar-refractivity contribution in [2.75, 3.05) is 6.61 Å². The third-order valence-corrected chi connectivity index (χ3v) is 4.13. The molecule has 4 heteroatoms. The summed E-state index contributed by atoms with van der Waals surface area (Å²) in [5.41, 5.74) is -1.05. The molecule has 1 aliphatic carbocycles. The molecule has 1 aliphatic rings. The lowest BCUT2D eigenvalue weighted by atomic mass is 9.91. The van der Waals surface area contributed by atoms with E-state index in [1.165, 1.54) is 0 Å². The van der Waals surface area contributed by atoms with Crippen LogP contribution in [0.3, 0.4) is 0 Å². The van der Waals surface area contributed by atoms with Gasteiger partial charge in [0.2, 0.25) is 5.91 Å². The van der Waals surface area contributed by atoms with Gasteiger partial charge in [-0.05, 0) is 38.2 Å². The Balaban J connectivity index is 2.00. The van der Waals surface area contributed by atoms with Gasteiger partial charge in [0.15, 0.2) is 0 Å². The molecule has 1 aromatic rings. The molecule has 0 spiro atoms. The first kappa shape index (κ1) is 15.0. The van der Waals surface area contributed by atoms with Gasteiger partial charge in [-0.25, -0.2) is 0 Å². The van der Waals surface area contributed by atoms with Crippen LogP contribution in [0.5, 0.6) is 0 Å². The molecule has 1 saturated carbocycles. The molecule has 0 aliphatic heterocycles. The number of aliphatic hydroxyl groups excluding tert-OH is 1. The Labute approximate surface area is 119 Å². The summed E-state index contributed by atoms with van der Waals surface area (Å²) in [5.74, 6) is 0.112. The second kappa shape index (κ2) is 5.54. The zero-order valence-electron chi connectivity index (χ0n) is 12.1. The van der Waals surface area contributed by atoms with Crippen LogP contribution in [0.25, 0.3) is 0 Å². The molecule has 110 valence electrons. The number of nitrogens with one attached hydrogen (secondary N) is 1. The minimum atomic E-state index is -1.20. The molecule has 1 aromatic carbocycles. The van der Waals surface area contributed by atoms with Crippen molar-refractivity contribution in [3.8, 4) is 0 Å². The van der Waals surface area contributed by atoms with Crippen molar-refractivity contribution in [3.63, 3.8) is 0 Å². The summed E-state index contributed by atoms with van der Waals surface area (Å²) >= 11 is 0. The Bertz CT molecular complexity index is 468. The van der Waals surface area contributed by atoms with Gasteiger partial charge in [-0.1, -0.05) is 30.3 Å². The molecule has 1 fully saturated rings. The quantitative estimate of drug-likeness (QED) is 0.739. The summed E-state index contributed by atoms with van der Waals surface area (Å²) in [6, 6.07) is 9.15. The maximum atomic E-state index is 12.2. The van der Waals surface area contributed by atoms with E-state index >= 15 is 0 Å². The van der Waals surface area contributed by atoms with Crippen molar-refractivity contribution in [1.82, 2.24) is 5.32 Å². The van der Waals surface area contributed by atoms with Gasteiger partial charge in [0.25, 0.3) is 0 Å². The van der Waals surface area contributed by atoms with Gasteiger partial charge >= 0.3 is 0 Å². The van der Waals surface area contributed by atoms with Crippen LogP contribution in [-0.2, 0) is 10.4 Å². The van der Waals surface area contributed by atoms with E-state index in [0.29, 0.717) is 11.5 Å². The van der Waals surface area contributed by atoms with Crippen LogP contribution in [0.4, 0.5) is 0 Å². The number of benzene rings is 1. The highest BCUT2D eigenvalue weighted by molar-refractivity contribution is 5.78. The average molecular weight is 277 g/mol. The third-order valence-electron chi connectivity index (χ3n) is 4.13. The van der Waals surface area contributed by atoms with Crippen LogP contribution < -0.4 is 5.32 Å². The first-order valence-electron chi connectivity index (χ1n) is 7.07. The highest BCUT2D eigenvalue weighted by atomic mass is 16.3. The Morgan fingerprint density at radius 2 is 1.90 bits per heavy atom. The number of hydrogen-bond donors (Lipinski definition) is 3. The smallest absolute Gasteiger partial charge is 0.223 e. The molecular weight excluding hydrogens is 254 g/mol. The van der Waals surface area contributed by atoms with E-state index in [0.717, 1.165) is 12.8 Å². The number of rotatable bonds is 6. The number of carbonyl (C=O) groups excluding carboxylic acids is 1. The maximum absolute atomic E-state index is 12.2. The lowest BCUT2D eigenvalue weighted by Gasteiger charge is -2.31. The zero-order valence-corrected chi connectivity index (χ0v) is 12.1. The predicted molar refractivity (Wildman–Crippen MR) is 77.0 cm³/mol. The van der Waals surface area contributed by atoms with Gasteiger partial charge < -0.3 is 15.5 Å². The van der Waals surface area contributed by atoms with Crippen molar-refractivity contribution >= 4 is 5.91 Å². The van der Waals surface area contributed by atoms with Gasteiger partial charge in [-0.15, -0.1) is 0 Å². The van der Waals surface area contributed by atoms with Crippen molar-refractivity contribution in [2.45, 2.75) is 44.2 Å². The second-order valence-electron chi connectivity index (χ2n) is 6.21. The fourth-order valence-electron chi connectivity index (χ4n) is 2.57. The normalized spacial score (nSPS) is 20.8. The van der Waals surface area contributed by atoms with E-state index in [9.17, 15) is 15.0 Å². The molecule has 20 heavy (non-hydrogen) atoms. The maximum Gasteiger partial charge on any atom is 0.223 e. The molecule has 0 aromatic heterocycles. The lowest BCUT2D eigenvalue weighted by molar-refractivity contribution is -0.128. The van der Waals surface area contributed by atoms with Crippen molar-refractivity contribution in [3.05, 3.63) is 35.9 Å². The standard InChI is InChI=1S/C16H23NO3/c1-15(11-18,12-8-9-12)17-14(19)10-16(2,20)13-6-4-3-5-7-13/h3-7,12,18,20H,8-11H2,1-2H3,(H,17,19). The largest absolute Gasteiger partial charge is 0.394 e. The number of hydrogen-bond acceptors (Lipinski definition) is 3. The van der Waals surface area contributed by atoms with Crippen LogP contribution in [-0.4, -0.2) is 28.3 Å². The van der Waals surface area contributed by atoms with Crippen LogP contribution >= 0.6 is 0 Å². The van der Waals surface area contributed by atoms with Gasteiger partial charge in [0.1, 0.15) is 0 Å². The summed E-state index contributed by atoms with van der Waals surface area (Å²) in [6.45, 7) is 3.42. The van der Waals surface area contributed by atoms with Crippen LogP contribution in [0, 0.1) is 5.92 Å². The van der Waals surface area contributed by atoms with Gasteiger partial charge in [0.05, 0.1) is 24.2 Å². The second-order valence-corrected chi connectivity index (χ2v) is 6.21. The molecular formula is C16H23NO3. The molecule has 0 heterocycles. The van der Waals surface area contributed by atoms with Crippen LogP contribution in [0.15, 0.2) is 30.3 Å². The Morgan fingerprint density at radius 1 is 1.30 bits per heavy atom. The van der Waals surface area contributed by atoms with Crippen LogP contribution in [0.1, 0.15) is 38.7 Å². The molecule has 4 nitrogen and oxygen atoms in total. The predicted octanol–water partition coefficient (Wildman–Crippen LogP) is 1.56. The lowest BCUT2D eigenvalue weighted by Crippen LogP contribution is -2.52. The Hall–Kier alpha value is -1.39. The SMILES string of the molecule is CC(O)(CC(=O)NC(C)(CO)C1CC1)c1ccccc1. The van der Waals surface area contributed by atoms with E-state index in [4.69, 9.17) is 0 Å². The number of carbonyl (C=O) groups is 1. The van der Waals surface area contributed by atoms with Gasteiger partial charge in [0, 0.05) is 0 Å². The summed E-state index contributed by atoms with van der Waals surface area (Å²) < 4.78 is 0. The van der Waals surface area contributed by atoms with E-state index in [-0.39, 0.29) is 18.9 Å². The first-order valence-corrected chi connectivity index (χ1v) is 7.07. The number of aliphatic hydroxyl groups is 2. The highest BCUT2D eigenvalue weighted by Crippen LogP contribution is 2.39. The summed E-state index contributed by atoms with van der Waals surface area (Å²) in [7, 11) is 0. The molecule has 2 atom stereocenters. The first-order chi connectivity index (χ1) is 9.37. The summed E-state index contributed by atoms with van der Waals surface area (Å²) in [5, 5.41) is 22.8. The monoisotopic (exact) mass is 277 g/mol. The van der Waals surface area contributed by atoms with Crippen LogP contribution in [0.2, 0.25) is 0 Å². The minimum Gasteiger partial charge on any atom is -0.394 e. The molecule has 1 amide bonds. The van der Waals surface area contributed by atoms with Gasteiger partial charge in [-0.2, -0.15) is 0 Å². The molecule has 2 rings (SSSR count). The van der Waals surface area contributed by atoms with E-state index in [1.54, 1.807) is 19.1 Å². The average Bonchev–Trinajstić information content (AvgIpc) is 3.23. The van der Waals surface area contributed by atoms with Crippen molar-refractivity contribution < 1.29 is 15.0 Å². The van der Waals surface area contributed by atoms with E-state index in [1.807, 2.05) is 25.1 Å². The Kier molecular flexibility index (Phi) is 4.16. The fraction of sp³-hybridized carbons (Fsp3) is 0.562. The van der Waals surface area contributed by atoms with Crippen molar-refractivity contribution in [2.24, 2.45) is 5.92 Å². The number of amides is 1. The third kappa shape index (κ3) is 3.38. The molecule has 0 radical (unpaired) electrons. The minimum absolute atomic E-state index is 0.0146. The summed E-state index contributed by atoms with van der Waals surface area (Å²) in [6.07, 6.45) is 2.05. The Morgan fingerprint density at radius 3 is 2.40 bits per heavy atom. The van der Waals surface area contributed by atoms with Gasteiger partial charge in [-0.3, -0.25) is 4.79 Å². The zero-order chi connectivity index (χ0) is 14.8. The molecule has 0 saturated heterocycles. The van der Waals surface area contributed by atoms with E-state index < -0.39 is 11.1 Å².